The van der Waals surface area contributed by atoms with Gasteiger partial charge in [-0.05, 0) is 47.9 Å². The average molecular weight is 518 g/mol. The molecule has 4 aromatic rings. The average Bonchev–Trinajstić information content (AvgIpc) is 2.92. The predicted octanol–water partition coefficient (Wildman–Crippen LogP) is 6.26. The van der Waals surface area contributed by atoms with Crippen molar-refractivity contribution in [1.82, 2.24) is 5.32 Å². The highest BCUT2D eigenvalue weighted by Crippen LogP contribution is 2.47. The lowest BCUT2D eigenvalue weighted by Gasteiger charge is -2.23. The molecular weight excluding hydrogens is 489 g/mol. The number of hydrogen-bond acceptors (Lipinski definition) is 6. The van der Waals surface area contributed by atoms with Gasteiger partial charge in [-0.3, -0.25) is 10.1 Å². The summed E-state index contributed by atoms with van der Waals surface area (Å²) >= 11 is 0. The Bertz CT molecular complexity index is 1300. The van der Waals surface area contributed by atoms with Crippen molar-refractivity contribution in [1.29, 1.82) is 0 Å². The predicted molar refractivity (Wildman–Crippen MR) is 143 cm³/mol. The second-order valence-corrected chi connectivity index (χ2v) is 10.2. The SMILES string of the molecule is COc1cc(CC(NCP(=O)(Oc2ccccc2)Oc2ccccc2)C(=O)O)ccc1-c1ccccc1. The number of ether oxygens (including phenoxy) is 1. The molecule has 0 aliphatic heterocycles. The smallest absolute Gasteiger partial charge is 0.444 e. The lowest BCUT2D eigenvalue weighted by molar-refractivity contribution is -0.139. The number of methoxy groups -OCH3 is 1. The van der Waals surface area contributed by atoms with Crippen LogP contribution in [0.25, 0.3) is 11.1 Å². The van der Waals surface area contributed by atoms with E-state index >= 15 is 0 Å². The van der Waals surface area contributed by atoms with E-state index in [4.69, 9.17) is 13.8 Å². The van der Waals surface area contributed by atoms with Crippen LogP contribution in [-0.4, -0.2) is 30.5 Å². The van der Waals surface area contributed by atoms with Crippen molar-refractivity contribution in [2.45, 2.75) is 12.5 Å². The first-order valence-electron chi connectivity index (χ1n) is 11.7. The van der Waals surface area contributed by atoms with Gasteiger partial charge in [0, 0.05) is 5.56 Å². The van der Waals surface area contributed by atoms with Gasteiger partial charge in [0.05, 0.1) is 7.11 Å². The number of carboxylic acid groups (broad SMARTS) is 1. The molecule has 2 N–H and O–H groups in total. The quantitative estimate of drug-likeness (QED) is 0.214. The molecular formula is C29H28NO6P. The van der Waals surface area contributed by atoms with Crippen molar-refractivity contribution >= 4 is 13.6 Å². The molecule has 190 valence electrons. The number of aliphatic carboxylic acids is 1. The summed E-state index contributed by atoms with van der Waals surface area (Å²) < 4.78 is 30.8. The van der Waals surface area contributed by atoms with Crippen LogP contribution in [0.4, 0.5) is 0 Å². The molecule has 0 radical (unpaired) electrons. The van der Waals surface area contributed by atoms with Gasteiger partial charge < -0.3 is 18.9 Å². The fourth-order valence-electron chi connectivity index (χ4n) is 3.79. The van der Waals surface area contributed by atoms with E-state index in [9.17, 15) is 14.5 Å². The summed E-state index contributed by atoms with van der Waals surface area (Å²) in [6.45, 7) is 0. The third-order valence-corrected chi connectivity index (χ3v) is 7.14. The Labute approximate surface area is 216 Å². The van der Waals surface area contributed by atoms with E-state index in [1.807, 2.05) is 60.7 Å². The first-order valence-corrected chi connectivity index (χ1v) is 13.5. The van der Waals surface area contributed by atoms with Gasteiger partial charge in [-0.2, -0.15) is 0 Å². The summed E-state index contributed by atoms with van der Waals surface area (Å²) in [6.07, 6.45) is -0.176. The van der Waals surface area contributed by atoms with Gasteiger partial charge in [0.25, 0.3) is 0 Å². The van der Waals surface area contributed by atoms with E-state index in [0.717, 1.165) is 16.7 Å². The molecule has 0 aliphatic carbocycles. The van der Waals surface area contributed by atoms with Gasteiger partial charge in [0.1, 0.15) is 29.6 Å². The standard InChI is InChI=1S/C29H28NO6P/c1-34-28-20-22(17-18-26(28)23-11-5-2-6-12-23)19-27(29(31)32)30-21-37(33,35-24-13-7-3-8-14-24)36-25-15-9-4-10-16-25/h2-18,20,27,30H,19,21H2,1H3,(H,31,32). The van der Waals surface area contributed by atoms with E-state index in [1.54, 1.807) is 55.6 Å². The number of rotatable bonds is 12. The molecule has 0 saturated heterocycles. The fourth-order valence-corrected chi connectivity index (χ4v) is 5.29. The molecule has 0 bridgehead atoms. The van der Waals surface area contributed by atoms with Crippen LogP contribution in [0.1, 0.15) is 5.56 Å². The molecule has 4 rings (SSSR count). The van der Waals surface area contributed by atoms with Gasteiger partial charge in [0.2, 0.25) is 0 Å². The first kappa shape index (κ1) is 26.0. The molecule has 7 nitrogen and oxygen atoms in total. The zero-order valence-electron chi connectivity index (χ0n) is 20.3. The van der Waals surface area contributed by atoms with Gasteiger partial charge in [-0.1, -0.05) is 78.9 Å². The summed E-state index contributed by atoms with van der Waals surface area (Å²) in [5.74, 6) is 0.267. The van der Waals surface area contributed by atoms with Crippen LogP contribution in [0.5, 0.6) is 17.2 Å². The highest BCUT2D eigenvalue weighted by Gasteiger charge is 2.31. The maximum absolute atomic E-state index is 13.7. The number of carbonyl (C=O) groups is 1. The fraction of sp³-hybridized carbons (Fsp3) is 0.138. The Balaban J connectivity index is 1.52. The van der Waals surface area contributed by atoms with E-state index in [-0.39, 0.29) is 12.7 Å². The maximum Gasteiger partial charge on any atom is 0.444 e. The molecule has 0 saturated carbocycles. The van der Waals surface area contributed by atoms with E-state index in [2.05, 4.69) is 5.32 Å². The Kier molecular flexibility index (Phi) is 8.62. The van der Waals surface area contributed by atoms with Crippen LogP contribution in [0.2, 0.25) is 0 Å². The monoisotopic (exact) mass is 517 g/mol. The topological polar surface area (TPSA) is 94.1 Å². The molecule has 0 aromatic heterocycles. The summed E-state index contributed by atoms with van der Waals surface area (Å²) in [5.41, 5.74) is 2.65. The largest absolute Gasteiger partial charge is 0.496 e. The van der Waals surface area contributed by atoms with Gasteiger partial charge in [-0.15, -0.1) is 0 Å². The number of hydrogen-bond donors (Lipinski definition) is 2. The van der Waals surface area contributed by atoms with Crippen LogP contribution in [0.15, 0.2) is 109 Å². The Morgan fingerprint density at radius 2 is 1.38 bits per heavy atom. The molecule has 37 heavy (non-hydrogen) atoms. The molecule has 0 amide bonds. The molecule has 0 spiro atoms. The van der Waals surface area contributed by atoms with Crippen LogP contribution >= 0.6 is 7.60 Å². The molecule has 8 heteroatoms. The highest BCUT2D eigenvalue weighted by atomic mass is 31.2. The zero-order chi connectivity index (χ0) is 26.1. The van der Waals surface area contributed by atoms with Crippen molar-refractivity contribution < 1.29 is 28.3 Å². The Morgan fingerprint density at radius 3 is 1.89 bits per heavy atom. The van der Waals surface area contributed by atoms with Gasteiger partial charge in [0.15, 0.2) is 0 Å². The van der Waals surface area contributed by atoms with Crippen molar-refractivity contribution in [3.05, 3.63) is 115 Å². The number of carboxylic acids is 1. The molecule has 4 aromatic carbocycles. The van der Waals surface area contributed by atoms with Crippen molar-refractivity contribution in [2.24, 2.45) is 0 Å². The third-order valence-electron chi connectivity index (χ3n) is 5.60. The van der Waals surface area contributed by atoms with Gasteiger partial charge in [-0.25, -0.2) is 4.57 Å². The van der Waals surface area contributed by atoms with Gasteiger partial charge >= 0.3 is 13.6 Å². The zero-order valence-corrected chi connectivity index (χ0v) is 21.2. The van der Waals surface area contributed by atoms with E-state index in [0.29, 0.717) is 17.2 Å². The molecule has 1 atom stereocenters. The normalized spacial score (nSPS) is 11.9. The van der Waals surface area contributed by atoms with E-state index < -0.39 is 19.6 Å². The summed E-state index contributed by atoms with van der Waals surface area (Å²) in [6, 6.07) is 31.6. The number of nitrogens with one attached hydrogen (secondary N) is 1. The van der Waals surface area contributed by atoms with Crippen molar-refractivity contribution in [3.8, 4) is 28.4 Å². The second-order valence-electron chi connectivity index (χ2n) is 8.28. The second kappa shape index (κ2) is 12.3. The van der Waals surface area contributed by atoms with Crippen molar-refractivity contribution in [2.75, 3.05) is 13.4 Å². The minimum Gasteiger partial charge on any atom is -0.496 e. The lowest BCUT2D eigenvalue weighted by atomic mass is 9.99. The van der Waals surface area contributed by atoms with Crippen LogP contribution in [0, 0.1) is 0 Å². The summed E-state index contributed by atoms with van der Waals surface area (Å²) in [4.78, 5) is 12.1. The molecule has 1 unspecified atom stereocenters. The Morgan fingerprint density at radius 1 is 0.838 bits per heavy atom. The Hall–Kier alpha value is -4.06. The van der Waals surface area contributed by atoms with E-state index in [1.165, 1.54) is 0 Å². The third kappa shape index (κ3) is 7.23. The molecule has 0 heterocycles. The van der Waals surface area contributed by atoms with Crippen LogP contribution in [0.3, 0.4) is 0 Å². The number of para-hydroxylation sites is 2. The first-order chi connectivity index (χ1) is 18.0. The molecule has 0 fully saturated rings. The summed E-state index contributed by atoms with van der Waals surface area (Å²) in [5, 5.41) is 12.8. The number of benzene rings is 4. The van der Waals surface area contributed by atoms with Crippen LogP contribution < -0.4 is 19.1 Å². The lowest BCUT2D eigenvalue weighted by Crippen LogP contribution is -2.39. The molecule has 0 aliphatic rings. The minimum atomic E-state index is -3.82. The summed E-state index contributed by atoms with van der Waals surface area (Å²) in [7, 11) is -2.24. The van der Waals surface area contributed by atoms with Crippen molar-refractivity contribution in [3.63, 3.8) is 0 Å². The highest BCUT2D eigenvalue weighted by molar-refractivity contribution is 7.54. The minimum absolute atomic E-state index is 0.136. The maximum atomic E-state index is 13.7. The van der Waals surface area contributed by atoms with Crippen LogP contribution in [-0.2, 0) is 15.8 Å².